The van der Waals surface area contributed by atoms with Crippen molar-refractivity contribution >= 4 is 63.3 Å². The van der Waals surface area contributed by atoms with Crippen molar-refractivity contribution in [3.63, 3.8) is 0 Å². The third kappa shape index (κ3) is 8.20. The second-order valence-electron chi connectivity index (χ2n) is 5.56. The first-order chi connectivity index (χ1) is 12.0. The topological polar surface area (TPSA) is 73.8 Å². The van der Waals surface area contributed by atoms with Gasteiger partial charge in [0.05, 0.1) is 12.3 Å². The molecule has 6 nitrogen and oxygen atoms in total. The Morgan fingerprint density at radius 1 is 1.31 bits per heavy atom. The molecule has 2 rings (SSSR count). The summed E-state index contributed by atoms with van der Waals surface area (Å²) in [6, 6.07) is 7.77. The molecule has 0 amide bonds. The van der Waals surface area contributed by atoms with E-state index in [2.05, 4.69) is 15.6 Å². The monoisotopic (exact) mass is 532 g/mol. The highest BCUT2D eigenvalue weighted by Crippen LogP contribution is 2.19. The van der Waals surface area contributed by atoms with Crippen LogP contribution in [0.25, 0.3) is 0 Å². The van der Waals surface area contributed by atoms with Crippen LogP contribution in [0.2, 0.25) is 5.02 Å². The van der Waals surface area contributed by atoms with Crippen molar-refractivity contribution in [2.24, 2.45) is 4.99 Å². The number of thioether (sulfide) groups is 1. The van der Waals surface area contributed by atoms with Crippen LogP contribution in [0.1, 0.15) is 13.3 Å². The Labute approximate surface area is 182 Å². The molecule has 1 aromatic carbocycles. The van der Waals surface area contributed by atoms with Gasteiger partial charge < -0.3 is 10.6 Å². The molecule has 0 radical (unpaired) electrons. The van der Waals surface area contributed by atoms with Gasteiger partial charge in [-0.15, -0.1) is 35.7 Å². The van der Waals surface area contributed by atoms with Gasteiger partial charge in [0.2, 0.25) is 10.0 Å². The summed E-state index contributed by atoms with van der Waals surface area (Å²) < 4.78 is 25.1. The fourth-order valence-corrected chi connectivity index (χ4v) is 4.84. The van der Waals surface area contributed by atoms with Crippen LogP contribution in [0.3, 0.4) is 0 Å². The number of guanidine groups is 1. The zero-order valence-electron chi connectivity index (χ0n) is 14.8. The van der Waals surface area contributed by atoms with E-state index in [1.165, 1.54) is 9.20 Å². The molecule has 10 heteroatoms. The van der Waals surface area contributed by atoms with Gasteiger partial charge in [0, 0.05) is 41.8 Å². The summed E-state index contributed by atoms with van der Waals surface area (Å²) in [6.45, 7) is 5.04. The number of aliphatic imine (C=N–C) groups is 1. The van der Waals surface area contributed by atoms with Gasteiger partial charge in [-0.25, -0.2) is 12.7 Å². The molecule has 0 saturated carbocycles. The lowest BCUT2D eigenvalue weighted by atomic mass is 10.4. The maximum absolute atomic E-state index is 11.8. The van der Waals surface area contributed by atoms with Crippen LogP contribution in [0.5, 0.6) is 0 Å². The van der Waals surface area contributed by atoms with Crippen LogP contribution < -0.4 is 10.6 Å². The quantitative estimate of drug-likeness (QED) is 0.177. The second-order valence-corrected chi connectivity index (χ2v) is 9.25. The van der Waals surface area contributed by atoms with E-state index >= 15 is 0 Å². The first kappa shape index (κ1) is 23.8. The number of rotatable bonds is 8. The van der Waals surface area contributed by atoms with E-state index in [1.807, 2.05) is 31.2 Å². The van der Waals surface area contributed by atoms with E-state index < -0.39 is 10.0 Å². The predicted octanol–water partition coefficient (Wildman–Crippen LogP) is 2.64. The number of nitrogens with one attached hydrogen (secondary N) is 2. The van der Waals surface area contributed by atoms with Crippen molar-refractivity contribution in [2.75, 3.05) is 44.2 Å². The lowest BCUT2D eigenvalue weighted by Crippen LogP contribution is -2.39. The highest BCUT2D eigenvalue weighted by Gasteiger charge is 2.27. The van der Waals surface area contributed by atoms with Gasteiger partial charge in [-0.2, -0.15) is 0 Å². The summed E-state index contributed by atoms with van der Waals surface area (Å²) in [4.78, 5) is 5.63. The Morgan fingerprint density at radius 3 is 2.65 bits per heavy atom. The number of halogens is 2. The van der Waals surface area contributed by atoms with E-state index in [0.29, 0.717) is 26.1 Å². The average Bonchev–Trinajstić information content (AvgIpc) is 2.92. The first-order valence-electron chi connectivity index (χ1n) is 8.39. The zero-order valence-corrected chi connectivity index (χ0v) is 19.5. The van der Waals surface area contributed by atoms with E-state index in [0.717, 1.165) is 29.8 Å². The molecule has 1 aliphatic heterocycles. The Balaban J connectivity index is 0.00000338. The molecule has 26 heavy (non-hydrogen) atoms. The van der Waals surface area contributed by atoms with Crippen LogP contribution in [0, 0.1) is 0 Å². The van der Waals surface area contributed by atoms with Gasteiger partial charge in [-0.3, -0.25) is 4.99 Å². The molecule has 0 unspecified atom stereocenters. The molecule has 0 aliphatic carbocycles. The molecular formula is C16H26ClIN4O2S2. The number of sulfonamides is 1. The molecule has 148 valence electrons. The fourth-order valence-electron chi connectivity index (χ4n) is 2.43. The van der Waals surface area contributed by atoms with Gasteiger partial charge in [0.1, 0.15) is 0 Å². The summed E-state index contributed by atoms with van der Waals surface area (Å²) in [5.41, 5.74) is 0. The molecule has 1 aromatic rings. The minimum atomic E-state index is -3.04. The van der Waals surface area contributed by atoms with Crippen molar-refractivity contribution in [2.45, 2.75) is 18.2 Å². The van der Waals surface area contributed by atoms with Crippen molar-refractivity contribution in [1.82, 2.24) is 14.9 Å². The average molecular weight is 533 g/mol. The summed E-state index contributed by atoms with van der Waals surface area (Å²) >= 11 is 7.62. The van der Waals surface area contributed by atoms with Gasteiger partial charge in [-0.1, -0.05) is 11.6 Å². The number of hydrogen-bond acceptors (Lipinski definition) is 4. The normalized spacial score (nSPS) is 16.9. The number of hydrogen-bond donors (Lipinski definition) is 2. The highest BCUT2D eigenvalue weighted by molar-refractivity contribution is 14.0. The second kappa shape index (κ2) is 12.3. The lowest BCUT2D eigenvalue weighted by Gasteiger charge is -2.14. The summed E-state index contributed by atoms with van der Waals surface area (Å²) in [7, 11) is -3.04. The van der Waals surface area contributed by atoms with Gasteiger partial charge in [-0.05, 0) is 37.6 Å². The fraction of sp³-hybridized carbons (Fsp3) is 0.562. The minimum Gasteiger partial charge on any atom is -0.357 e. The molecule has 0 aromatic heterocycles. The molecule has 1 aliphatic rings. The standard InChI is InChI=1S/C16H25ClN4O2S2.HI/c1-2-18-16(19-8-11-21-10-3-13-25(21,22)23)20-9-12-24-15-6-4-14(17)5-7-15;/h4-7H,2-3,8-13H2,1H3,(H2,18,19,20);1H. The third-order valence-corrected chi connectivity index (χ3v) is 6.87. The summed E-state index contributed by atoms with van der Waals surface area (Å²) in [5.74, 6) is 1.87. The van der Waals surface area contributed by atoms with Gasteiger partial charge in [0.15, 0.2) is 5.96 Å². The molecule has 0 atom stereocenters. The summed E-state index contributed by atoms with van der Waals surface area (Å²) in [5, 5.41) is 7.19. The van der Waals surface area contributed by atoms with Crippen LogP contribution in [-0.2, 0) is 10.0 Å². The lowest BCUT2D eigenvalue weighted by molar-refractivity contribution is 0.452. The minimum absolute atomic E-state index is 0. The smallest absolute Gasteiger partial charge is 0.214 e. The van der Waals surface area contributed by atoms with Crippen LogP contribution in [0.15, 0.2) is 34.2 Å². The Morgan fingerprint density at radius 2 is 2.04 bits per heavy atom. The largest absolute Gasteiger partial charge is 0.357 e. The van der Waals surface area contributed by atoms with Crippen molar-refractivity contribution < 1.29 is 8.42 Å². The van der Waals surface area contributed by atoms with E-state index in [4.69, 9.17) is 11.6 Å². The van der Waals surface area contributed by atoms with Crippen molar-refractivity contribution in [3.05, 3.63) is 29.3 Å². The van der Waals surface area contributed by atoms with Crippen LogP contribution in [0.4, 0.5) is 0 Å². The third-order valence-electron chi connectivity index (χ3n) is 3.64. The Hall–Kier alpha value is -0.230. The first-order valence-corrected chi connectivity index (χ1v) is 11.4. The van der Waals surface area contributed by atoms with E-state index in [9.17, 15) is 8.42 Å². The molecular weight excluding hydrogens is 507 g/mol. The van der Waals surface area contributed by atoms with Crippen LogP contribution >= 0.6 is 47.3 Å². The van der Waals surface area contributed by atoms with Crippen LogP contribution in [-0.4, -0.2) is 62.9 Å². The Bertz CT molecular complexity index is 671. The molecule has 1 heterocycles. The molecule has 0 bridgehead atoms. The van der Waals surface area contributed by atoms with Gasteiger partial charge in [0.25, 0.3) is 0 Å². The molecule has 0 spiro atoms. The van der Waals surface area contributed by atoms with E-state index in [1.54, 1.807) is 11.8 Å². The summed E-state index contributed by atoms with van der Waals surface area (Å²) in [6.07, 6.45) is 0.715. The molecule has 1 fully saturated rings. The maximum Gasteiger partial charge on any atom is 0.214 e. The van der Waals surface area contributed by atoms with E-state index in [-0.39, 0.29) is 29.7 Å². The van der Waals surface area contributed by atoms with Crippen molar-refractivity contribution in [3.8, 4) is 0 Å². The van der Waals surface area contributed by atoms with Gasteiger partial charge >= 0.3 is 0 Å². The predicted molar refractivity (Wildman–Crippen MR) is 122 cm³/mol. The number of nitrogens with zero attached hydrogens (tertiary/aromatic N) is 2. The number of benzene rings is 1. The SMILES string of the molecule is CCNC(=NCCN1CCCS1(=O)=O)NCCSc1ccc(Cl)cc1.I. The Kier molecular flexibility index (Phi) is 11.2. The zero-order chi connectivity index (χ0) is 18.1. The molecule has 1 saturated heterocycles. The van der Waals surface area contributed by atoms with Crippen molar-refractivity contribution in [1.29, 1.82) is 0 Å². The molecule has 2 N–H and O–H groups in total. The maximum atomic E-state index is 11.8. The highest BCUT2D eigenvalue weighted by atomic mass is 127.